The SMILES string of the molecule is Cc1ccc(NCC(C)O)c(CC(C)O)c1. The fraction of sp³-hybridized carbons (Fsp3) is 0.538. The smallest absolute Gasteiger partial charge is 0.0684 e. The molecule has 0 aliphatic carbocycles. The normalized spacial score (nSPS) is 14.6. The van der Waals surface area contributed by atoms with Crippen LogP contribution in [-0.2, 0) is 6.42 Å². The third-order valence-corrected chi connectivity index (χ3v) is 2.36. The van der Waals surface area contributed by atoms with Gasteiger partial charge in [-0.2, -0.15) is 0 Å². The van der Waals surface area contributed by atoms with E-state index in [1.165, 1.54) is 5.56 Å². The molecular weight excluding hydrogens is 202 g/mol. The largest absolute Gasteiger partial charge is 0.393 e. The highest BCUT2D eigenvalue weighted by Gasteiger charge is 2.06. The van der Waals surface area contributed by atoms with Gasteiger partial charge in [0.25, 0.3) is 0 Å². The average molecular weight is 223 g/mol. The zero-order valence-corrected chi connectivity index (χ0v) is 10.2. The van der Waals surface area contributed by atoms with Gasteiger partial charge in [-0.15, -0.1) is 0 Å². The highest BCUT2D eigenvalue weighted by molar-refractivity contribution is 5.53. The highest BCUT2D eigenvalue weighted by Crippen LogP contribution is 2.19. The van der Waals surface area contributed by atoms with E-state index in [9.17, 15) is 10.2 Å². The Kier molecular flexibility index (Phi) is 4.77. The van der Waals surface area contributed by atoms with Gasteiger partial charge in [-0.25, -0.2) is 0 Å². The molecule has 0 saturated carbocycles. The molecule has 3 heteroatoms. The van der Waals surface area contributed by atoms with E-state index in [0.29, 0.717) is 13.0 Å². The summed E-state index contributed by atoms with van der Waals surface area (Å²) in [5, 5.41) is 21.8. The topological polar surface area (TPSA) is 52.5 Å². The van der Waals surface area contributed by atoms with Crippen LogP contribution in [-0.4, -0.2) is 29.0 Å². The van der Waals surface area contributed by atoms with E-state index in [0.717, 1.165) is 11.3 Å². The van der Waals surface area contributed by atoms with E-state index in [1.807, 2.05) is 19.1 Å². The van der Waals surface area contributed by atoms with Gasteiger partial charge in [-0.05, 0) is 32.4 Å². The van der Waals surface area contributed by atoms with E-state index in [-0.39, 0.29) is 12.2 Å². The Bertz CT molecular complexity index is 335. The summed E-state index contributed by atoms with van der Waals surface area (Å²) in [5.41, 5.74) is 3.27. The lowest BCUT2D eigenvalue weighted by Crippen LogP contribution is -2.17. The molecule has 0 aliphatic rings. The van der Waals surface area contributed by atoms with Crippen molar-refractivity contribution < 1.29 is 10.2 Å². The van der Waals surface area contributed by atoms with Crippen LogP contribution in [0.15, 0.2) is 18.2 Å². The number of hydrogen-bond acceptors (Lipinski definition) is 3. The number of rotatable bonds is 5. The lowest BCUT2D eigenvalue weighted by atomic mass is 10.0. The summed E-state index contributed by atoms with van der Waals surface area (Å²) in [6.07, 6.45) is -0.0984. The number of aryl methyl sites for hydroxylation is 1. The van der Waals surface area contributed by atoms with Crippen LogP contribution in [0.5, 0.6) is 0 Å². The summed E-state index contributed by atoms with van der Waals surface area (Å²) in [4.78, 5) is 0. The maximum absolute atomic E-state index is 9.42. The summed E-state index contributed by atoms with van der Waals surface area (Å²) < 4.78 is 0. The van der Waals surface area contributed by atoms with Gasteiger partial charge >= 0.3 is 0 Å². The van der Waals surface area contributed by atoms with Crippen LogP contribution in [0.3, 0.4) is 0 Å². The van der Waals surface area contributed by atoms with Crippen molar-refractivity contribution >= 4 is 5.69 Å². The second-order valence-electron chi connectivity index (χ2n) is 4.44. The third-order valence-electron chi connectivity index (χ3n) is 2.36. The maximum Gasteiger partial charge on any atom is 0.0684 e. The van der Waals surface area contributed by atoms with Gasteiger partial charge in [0, 0.05) is 18.7 Å². The molecule has 0 saturated heterocycles. The number of aliphatic hydroxyl groups is 2. The minimum Gasteiger partial charge on any atom is -0.393 e. The van der Waals surface area contributed by atoms with Crippen LogP contribution in [0.2, 0.25) is 0 Å². The van der Waals surface area contributed by atoms with Gasteiger partial charge in [0.2, 0.25) is 0 Å². The van der Waals surface area contributed by atoms with Crippen molar-refractivity contribution in [1.29, 1.82) is 0 Å². The van der Waals surface area contributed by atoms with Crippen molar-refractivity contribution in [1.82, 2.24) is 0 Å². The molecule has 3 nitrogen and oxygen atoms in total. The van der Waals surface area contributed by atoms with Gasteiger partial charge in [-0.1, -0.05) is 17.7 Å². The Morgan fingerprint density at radius 3 is 2.44 bits per heavy atom. The van der Waals surface area contributed by atoms with Crippen molar-refractivity contribution in [3.05, 3.63) is 29.3 Å². The summed E-state index contributed by atoms with van der Waals surface area (Å²) in [5.74, 6) is 0. The quantitative estimate of drug-likeness (QED) is 0.712. The molecule has 0 spiro atoms. The molecule has 0 aromatic heterocycles. The van der Waals surface area contributed by atoms with Crippen molar-refractivity contribution in [2.75, 3.05) is 11.9 Å². The molecule has 0 amide bonds. The van der Waals surface area contributed by atoms with Crippen LogP contribution in [0.4, 0.5) is 5.69 Å². The van der Waals surface area contributed by atoms with E-state index in [1.54, 1.807) is 13.8 Å². The van der Waals surface area contributed by atoms with E-state index < -0.39 is 0 Å². The predicted molar refractivity (Wildman–Crippen MR) is 66.7 cm³/mol. The summed E-state index contributed by atoms with van der Waals surface area (Å²) >= 11 is 0. The Hall–Kier alpha value is -1.06. The van der Waals surface area contributed by atoms with E-state index in [4.69, 9.17) is 0 Å². The molecule has 3 N–H and O–H groups in total. The standard InChI is InChI=1S/C13H21NO2/c1-9-4-5-13(14-8-11(3)16)12(6-9)7-10(2)15/h4-6,10-11,14-16H,7-8H2,1-3H3. The first-order valence-corrected chi connectivity index (χ1v) is 5.68. The van der Waals surface area contributed by atoms with Crippen LogP contribution in [0.25, 0.3) is 0 Å². The van der Waals surface area contributed by atoms with Crippen molar-refractivity contribution in [2.45, 2.75) is 39.4 Å². The van der Waals surface area contributed by atoms with Crippen molar-refractivity contribution in [3.8, 4) is 0 Å². The number of hydrogen-bond donors (Lipinski definition) is 3. The predicted octanol–water partition coefficient (Wildman–Crippen LogP) is 1.71. The zero-order valence-electron chi connectivity index (χ0n) is 10.2. The van der Waals surface area contributed by atoms with Gasteiger partial charge in [0.05, 0.1) is 12.2 Å². The van der Waals surface area contributed by atoms with Crippen LogP contribution in [0.1, 0.15) is 25.0 Å². The number of anilines is 1. The molecule has 2 atom stereocenters. The lowest BCUT2D eigenvalue weighted by Gasteiger charge is -2.15. The Morgan fingerprint density at radius 2 is 1.88 bits per heavy atom. The zero-order chi connectivity index (χ0) is 12.1. The molecule has 0 fully saturated rings. The van der Waals surface area contributed by atoms with Crippen LogP contribution in [0, 0.1) is 6.92 Å². The fourth-order valence-electron chi connectivity index (χ4n) is 1.64. The van der Waals surface area contributed by atoms with Gasteiger partial charge in [-0.3, -0.25) is 0 Å². The lowest BCUT2D eigenvalue weighted by molar-refractivity contribution is 0.195. The molecular formula is C13H21NO2. The second-order valence-corrected chi connectivity index (χ2v) is 4.44. The molecule has 1 aromatic rings. The van der Waals surface area contributed by atoms with E-state index in [2.05, 4.69) is 11.4 Å². The van der Waals surface area contributed by atoms with Crippen LogP contribution >= 0.6 is 0 Å². The van der Waals surface area contributed by atoms with Gasteiger partial charge in [0.15, 0.2) is 0 Å². The first kappa shape index (κ1) is 13.0. The Labute approximate surface area is 97.1 Å². The Morgan fingerprint density at radius 1 is 1.19 bits per heavy atom. The van der Waals surface area contributed by atoms with Crippen molar-refractivity contribution in [3.63, 3.8) is 0 Å². The van der Waals surface area contributed by atoms with Gasteiger partial charge < -0.3 is 15.5 Å². The second kappa shape index (κ2) is 5.87. The molecule has 1 rings (SSSR count). The highest BCUT2D eigenvalue weighted by atomic mass is 16.3. The summed E-state index contributed by atoms with van der Waals surface area (Å²) in [6.45, 7) is 6.08. The average Bonchev–Trinajstić information content (AvgIpc) is 2.15. The monoisotopic (exact) mass is 223 g/mol. The molecule has 2 unspecified atom stereocenters. The molecule has 90 valence electrons. The number of nitrogens with one attached hydrogen (secondary N) is 1. The molecule has 1 aromatic carbocycles. The number of benzene rings is 1. The molecule has 0 radical (unpaired) electrons. The maximum atomic E-state index is 9.42. The minimum atomic E-state index is -0.374. The van der Waals surface area contributed by atoms with E-state index >= 15 is 0 Å². The van der Waals surface area contributed by atoms with Crippen molar-refractivity contribution in [2.24, 2.45) is 0 Å². The molecule has 0 bridgehead atoms. The van der Waals surface area contributed by atoms with Gasteiger partial charge in [0.1, 0.15) is 0 Å². The molecule has 16 heavy (non-hydrogen) atoms. The third kappa shape index (κ3) is 4.21. The first-order valence-electron chi connectivity index (χ1n) is 5.68. The summed E-state index contributed by atoms with van der Waals surface area (Å²) in [6, 6.07) is 6.09. The minimum absolute atomic E-state index is 0.353. The fourth-order valence-corrected chi connectivity index (χ4v) is 1.64. The number of aliphatic hydroxyl groups excluding tert-OH is 2. The summed E-state index contributed by atoms with van der Waals surface area (Å²) in [7, 11) is 0. The molecule has 0 heterocycles. The first-order chi connectivity index (χ1) is 7.49. The molecule has 0 aliphatic heterocycles. The van der Waals surface area contributed by atoms with Crippen LogP contribution < -0.4 is 5.32 Å². The Balaban J connectivity index is 2.80.